The molecule has 0 aliphatic carbocycles. The van der Waals surface area contributed by atoms with Crippen molar-refractivity contribution in [3.8, 4) is 0 Å². The van der Waals surface area contributed by atoms with Gasteiger partial charge in [-0.05, 0) is 24.3 Å². The summed E-state index contributed by atoms with van der Waals surface area (Å²) in [5, 5.41) is 3.78. The zero-order valence-corrected chi connectivity index (χ0v) is 8.05. The van der Waals surface area contributed by atoms with Gasteiger partial charge in [-0.25, -0.2) is 14.1 Å². The lowest BCUT2D eigenvalue weighted by Gasteiger charge is -1.99. The van der Waals surface area contributed by atoms with Gasteiger partial charge in [0.25, 0.3) is 6.43 Å². The largest absolute Gasteiger partial charge is 0.280 e. The number of fused-ring (bicyclic) bond motifs is 1. The molecule has 0 unspecified atom stereocenters. The molecule has 1 heterocycles. The van der Waals surface area contributed by atoms with E-state index in [1.807, 2.05) is 0 Å². The van der Waals surface area contributed by atoms with Crippen LogP contribution in [0.1, 0.15) is 5.56 Å². The van der Waals surface area contributed by atoms with Gasteiger partial charge in [0.05, 0.1) is 5.69 Å². The maximum atomic E-state index is 12.2. The van der Waals surface area contributed by atoms with E-state index in [0.717, 1.165) is 10.0 Å². The van der Waals surface area contributed by atoms with Gasteiger partial charge in [-0.3, -0.25) is 0 Å². The minimum Gasteiger partial charge on any atom is -0.247 e. The summed E-state index contributed by atoms with van der Waals surface area (Å²) in [6.45, 7) is 0. The molecule has 0 N–H and O–H groups in total. The Morgan fingerprint density at radius 2 is 2.08 bits per heavy atom. The summed E-state index contributed by atoms with van der Waals surface area (Å²) in [7, 11) is 0. The molecule has 0 saturated heterocycles. The van der Waals surface area contributed by atoms with Crippen molar-refractivity contribution in [2.45, 2.75) is 6.43 Å². The van der Waals surface area contributed by atoms with Crippen LogP contribution in [0.15, 0.2) is 28.4 Å². The number of hydrogen-bond acceptors (Lipinski definition) is 0. The summed E-state index contributed by atoms with van der Waals surface area (Å²) in [6, 6.07) is 5.27. The molecule has 0 atom stereocenters. The molecule has 0 saturated carbocycles. The third-order valence-electron chi connectivity index (χ3n) is 1.77. The third-order valence-corrected chi connectivity index (χ3v) is 2.26. The second kappa shape index (κ2) is 3.10. The standard InChI is InChI=1S/C9H5BrF2N/c10-6-1-2-7-5(3-6)4-8(13-7)9(11)12/h1-4,9H. The first-order valence-electron chi connectivity index (χ1n) is 3.68. The van der Waals surface area contributed by atoms with Crippen LogP contribution in [-0.4, -0.2) is 6.43 Å². The quantitative estimate of drug-likeness (QED) is 0.720. The van der Waals surface area contributed by atoms with Gasteiger partial charge >= 0.3 is 0 Å². The Balaban J connectivity index is 2.38. The van der Waals surface area contributed by atoms with Gasteiger partial charge < -0.3 is 0 Å². The second-order valence-corrected chi connectivity index (χ2v) is 3.60. The van der Waals surface area contributed by atoms with Crippen molar-refractivity contribution in [2.75, 3.05) is 0 Å². The van der Waals surface area contributed by atoms with E-state index in [0.29, 0.717) is 5.69 Å². The topological polar surface area (TPSA) is 14.1 Å². The molecule has 4 heteroatoms. The number of nitrogens with zero attached hydrogens (tertiary/aromatic N) is 1. The lowest BCUT2D eigenvalue weighted by molar-refractivity contribution is 0.185. The molecular formula is C9H5BrF2N. The van der Waals surface area contributed by atoms with Crippen LogP contribution in [0.5, 0.6) is 0 Å². The Kier molecular flexibility index (Phi) is 2.07. The smallest absolute Gasteiger partial charge is 0.247 e. The van der Waals surface area contributed by atoms with Gasteiger partial charge in [-0.2, -0.15) is 0 Å². The lowest BCUT2D eigenvalue weighted by Crippen LogP contribution is -2.02. The SMILES string of the molecule is FC(F)C1=Cc2cc(Br)ccc2[N]1. The highest BCUT2D eigenvalue weighted by molar-refractivity contribution is 9.10. The van der Waals surface area contributed by atoms with E-state index in [2.05, 4.69) is 21.2 Å². The summed E-state index contributed by atoms with van der Waals surface area (Å²) >= 11 is 3.26. The maximum Gasteiger partial charge on any atom is 0.280 e. The molecule has 1 aromatic carbocycles. The van der Waals surface area contributed by atoms with Gasteiger partial charge in [0.1, 0.15) is 5.70 Å². The zero-order chi connectivity index (χ0) is 9.42. The van der Waals surface area contributed by atoms with Crippen molar-refractivity contribution in [3.63, 3.8) is 0 Å². The first-order valence-corrected chi connectivity index (χ1v) is 4.47. The van der Waals surface area contributed by atoms with Crippen LogP contribution in [0.3, 0.4) is 0 Å². The van der Waals surface area contributed by atoms with Crippen molar-refractivity contribution in [3.05, 3.63) is 33.9 Å². The first-order chi connectivity index (χ1) is 6.16. The van der Waals surface area contributed by atoms with Crippen LogP contribution >= 0.6 is 15.9 Å². The van der Waals surface area contributed by atoms with Crippen LogP contribution in [0.2, 0.25) is 0 Å². The van der Waals surface area contributed by atoms with E-state index in [4.69, 9.17) is 0 Å². The molecular weight excluding hydrogens is 240 g/mol. The van der Waals surface area contributed by atoms with Crippen molar-refractivity contribution in [2.24, 2.45) is 0 Å². The zero-order valence-electron chi connectivity index (χ0n) is 6.47. The van der Waals surface area contributed by atoms with Gasteiger partial charge in [0.2, 0.25) is 0 Å². The molecule has 1 aromatic rings. The number of allylic oxidation sites excluding steroid dienone is 1. The Morgan fingerprint density at radius 1 is 1.31 bits per heavy atom. The molecule has 0 spiro atoms. The number of benzene rings is 1. The van der Waals surface area contributed by atoms with Crippen molar-refractivity contribution in [1.29, 1.82) is 0 Å². The van der Waals surface area contributed by atoms with E-state index in [-0.39, 0.29) is 5.70 Å². The number of halogens is 3. The van der Waals surface area contributed by atoms with Gasteiger partial charge in [-0.1, -0.05) is 15.9 Å². The number of alkyl halides is 2. The molecule has 1 aliphatic rings. The molecule has 67 valence electrons. The Morgan fingerprint density at radius 3 is 2.77 bits per heavy atom. The molecule has 13 heavy (non-hydrogen) atoms. The lowest BCUT2D eigenvalue weighted by atomic mass is 10.2. The molecule has 1 nitrogen and oxygen atoms in total. The molecule has 0 fully saturated rings. The highest BCUT2D eigenvalue weighted by Gasteiger charge is 2.20. The van der Waals surface area contributed by atoms with Gasteiger partial charge in [0.15, 0.2) is 0 Å². The van der Waals surface area contributed by atoms with Crippen LogP contribution in [-0.2, 0) is 0 Å². The Hall–Kier alpha value is -0.900. The minimum atomic E-state index is -2.49. The van der Waals surface area contributed by atoms with Crippen LogP contribution in [0.25, 0.3) is 6.08 Å². The second-order valence-electron chi connectivity index (χ2n) is 2.68. The van der Waals surface area contributed by atoms with E-state index >= 15 is 0 Å². The summed E-state index contributed by atoms with van der Waals surface area (Å²) in [5.41, 5.74) is 1.19. The highest BCUT2D eigenvalue weighted by Crippen LogP contribution is 2.31. The third kappa shape index (κ3) is 1.58. The fraction of sp³-hybridized carbons (Fsp3) is 0.111. The summed E-state index contributed by atoms with van der Waals surface area (Å²) in [6.07, 6.45) is -1.09. The number of hydrogen-bond donors (Lipinski definition) is 0. The molecule has 0 aromatic heterocycles. The highest BCUT2D eigenvalue weighted by atomic mass is 79.9. The predicted molar refractivity (Wildman–Crippen MR) is 49.9 cm³/mol. The molecule has 1 aliphatic heterocycles. The van der Waals surface area contributed by atoms with Gasteiger partial charge in [-0.15, -0.1) is 0 Å². The fourth-order valence-corrected chi connectivity index (χ4v) is 1.56. The van der Waals surface area contributed by atoms with Gasteiger partial charge in [0, 0.05) is 10.0 Å². The Labute approximate surface area is 82.6 Å². The number of rotatable bonds is 1. The normalized spacial score (nSPS) is 14.0. The summed E-state index contributed by atoms with van der Waals surface area (Å²) in [4.78, 5) is 0. The predicted octanol–water partition coefficient (Wildman–Crippen LogP) is 3.30. The van der Waals surface area contributed by atoms with E-state index in [1.165, 1.54) is 6.08 Å². The summed E-state index contributed by atoms with van der Waals surface area (Å²) < 4.78 is 25.3. The minimum absolute atomic E-state index is 0.159. The molecule has 2 rings (SSSR count). The van der Waals surface area contributed by atoms with E-state index in [1.54, 1.807) is 18.2 Å². The monoisotopic (exact) mass is 244 g/mol. The fourth-order valence-electron chi connectivity index (χ4n) is 1.19. The molecule has 1 radical (unpaired) electrons. The summed E-state index contributed by atoms with van der Waals surface area (Å²) in [5.74, 6) is 0. The molecule has 0 amide bonds. The van der Waals surface area contributed by atoms with Crippen molar-refractivity contribution in [1.82, 2.24) is 5.32 Å². The van der Waals surface area contributed by atoms with Crippen LogP contribution < -0.4 is 5.32 Å². The van der Waals surface area contributed by atoms with Crippen molar-refractivity contribution >= 4 is 27.7 Å². The van der Waals surface area contributed by atoms with E-state index < -0.39 is 6.43 Å². The molecule has 0 bridgehead atoms. The van der Waals surface area contributed by atoms with Crippen LogP contribution in [0, 0.1) is 0 Å². The Bertz CT molecular complexity index is 374. The van der Waals surface area contributed by atoms with Crippen LogP contribution in [0.4, 0.5) is 14.5 Å². The van der Waals surface area contributed by atoms with Crippen molar-refractivity contribution < 1.29 is 8.78 Å². The average molecular weight is 245 g/mol. The average Bonchev–Trinajstić information content (AvgIpc) is 2.46. The first kappa shape index (κ1) is 8.69. The van der Waals surface area contributed by atoms with E-state index in [9.17, 15) is 8.78 Å². The maximum absolute atomic E-state index is 12.2.